The summed E-state index contributed by atoms with van der Waals surface area (Å²) in [5.74, 6) is 0. The van der Waals surface area contributed by atoms with Gasteiger partial charge in [-0.15, -0.1) is 0 Å². The number of phosphoric acid groups is 1. The third-order valence-electron chi connectivity index (χ3n) is 2.78. The molecule has 0 unspecified atom stereocenters. The number of nitriles is 1. The summed E-state index contributed by atoms with van der Waals surface area (Å²) in [6, 6.07) is 1.79. The molecule has 0 saturated carbocycles. The molecule has 0 aliphatic carbocycles. The molecule has 0 bridgehead atoms. The van der Waals surface area contributed by atoms with Crippen molar-refractivity contribution < 1.29 is 18.1 Å². The highest BCUT2D eigenvalue weighted by molar-refractivity contribution is 7.48. The molecule has 0 saturated heterocycles. The van der Waals surface area contributed by atoms with Crippen LogP contribution in [0.1, 0.15) is 65.2 Å². The van der Waals surface area contributed by atoms with E-state index in [9.17, 15) is 4.57 Å². The lowest BCUT2D eigenvalue weighted by Gasteiger charge is -2.16. The van der Waals surface area contributed by atoms with Crippen LogP contribution in [0.2, 0.25) is 0 Å². The Morgan fingerprint density at radius 2 is 1.35 bits per heavy atom. The van der Waals surface area contributed by atoms with Crippen LogP contribution < -0.4 is 0 Å². The topological polar surface area (TPSA) is 68.5 Å². The molecule has 0 aliphatic heterocycles. The average Bonchev–Trinajstić information content (AvgIpc) is 2.45. The largest absolute Gasteiger partial charge is 0.475 e. The van der Waals surface area contributed by atoms with Gasteiger partial charge in [-0.1, -0.05) is 52.4 Å². The van der Waals surface area contributed by atoms with Gasteiger partial charge in [-0.05, 0) is 12.8 Å². The Balaban J connectivity index is 3.95. The van der Waals surface area contributed by atoms with E-state index in [1.807, 2.05) is 0 Å². The van der Waals surface area contributed by atoms with E-state index in [0.717, 1.165) is 51.4 Å². The molecule has 0 heterocycles. The predicted molar refractivity (Wildman–Crippen MR) is 79.4 cm³/mol. The van der Waals surface area contributed by atoms with Crippen molar-refractivity contribution in [3.63, 3.8) is 0 Å². The van der Waals surface area contributed by atoms with E-state index in [-0.39, 0.29) is 6.61 Å². The second-order valence-electron chi connectivity index (χ2n) is 4.67. The summed E-state index contributed by atoms with van der Waals surface area (Å²) in [6.45, 7) is 4.67. The fourth-order valence-electron chi connectivity index (χ4n) is 1.63. The minimum atomic E-state index is -3.56. The molecule has 0 atom stereocenters. The molecule has 20 heavy (non-hydrogen) atoms. The molecule has 0 spiro atoms. The van der Waals surface area contributed by atoms with Crippen LogP contribution in [0.5, 0.6) is 0 Å². The molecule has 118 valence electrons. The number of hydrogen-bond donors (Lipinski definition) is 0. The minimum absolute atomic E-state index is 0.277. The van der Waals surface area contributed by atoms with E-state index in [1.165, 1.54) is 0 Å². The van der Waals surface area contributed by atoms with E-state index >= 15 is 0 Å². The van der Waals surface area contributed by atoms with Crippen LogP contribution in [0.15, 0.2) is 0 Å². The van der Waals surface area contributed by atoms with Crippen LogP contribution in [-0.2, 0) is 18.1 Å². The van der Waals surface area contributed by atoms with Crippen molar-refractivity contribution in [1.82, 2.24) is 0 Å². The Morgan fingerprint density at radius 1 is 0.850 bits per heavy atom. The lowest BCUT2D eigenvalue weighted by molar-refractivity contribution is 0.119. The molecule has 5 nitrogen and oxygen atoms in total. The maximum Gasteiger partial charge on any atom is 0.475 e. The van der Waals surface area contributed by atoms with E-state index in [2.05, 4.69) is 13.8 Å². The van der Waals surface area contributed by atoms with Gasteiger partial charge in [-0.3, -0.25) is 13.6 Å². The van der Waals surface area contributed by atoms with E-state index < -0.39 is 7.82 Å². The number of hydrogen-bond acceptors (Lipinski definition) is 5. The molecule has 0 rings (SSSR count). The zero-order valence-corrected chi connectivity index (χ0v) is 13.7. The second-order valence-corrected chi connectivity index (χ2v) is 6.34. The smallest absolute Gasteiger partial charge is 0.287 e. The van der Waals surface area contributed by atoms with E-state index in [0.29, 0.717) is 13.2 Å². The first-order valence-electron chi connectivity index (χ1n) is 7.59. The molecule has 0 aromatic rings. The molecular formula is C14H28NO4P. The number of rotatable bonds is 14. The summed E-state index contributed by atoms with van der Waals surface area (Å²) in [7, 11) is -3.56. The van der Waals surface area contributed by atoms with Gasteiger partial charge < -0.3 is 0 Å². The maximum absolute atomic E-state index is 12.2. The molecule has 0 aliphatic rings. The summed E-state index contributed by atoms with van der Waals surface area (Å²) in [4.78, 5) is 0. The number of unbranched alkanes of at least 4 members (excludes halogenated alkanes) is 6. The van der Waals surface area contributed by atoms with Crippen molar-refractivity contribution in [3.05, 3.63) is 0 Å². The summed E-state index contributed by atoms with van der Waals surface area (Å²) < 4.78 is 27.7. The normalized spacial score (nSPS) is 11.4. The van der Waals surface area contributed by atoms with Crippen LogP contribution in [0.25, 0.3) is 0 Å². The number of nitrogens with zero attached hydrogens (tertiary/aromatic N) is 1. The Morgan fingerprint density at radius 3 is 1.75 bits per heavy atom. The van der Waals surface area contributed by atoms with Gasteiger partial charge in [0.05, 0.1) is 19.3 Å². The molecular weight excluding hydrogens is 277 g/mol. The molecule has 0 fully saturated rings. The quantitative estimate of drug-likeness (QED) is 0.339. The summed E-state index contributed by atoms with van der Waals surface area (Å²) in [6.07, 6.45) is 8.25. The van der Waals surface area contributed by atoms with Gasteiger partial charge in [0, 0.05) is 0 Å². The fraction of sp³-hybridized carbons (Fsp3) is 0.929. The molecule has 0 aromatic heterocycles. The van der Waals surface area contributed by atoms with Gasteiger partial charge >= 0.3 is 7.82 Å². The number of phosphoric ester groups is 1. The Kier molecular flexibility index (Phi) is 13.3. The van der Waals surface area contributed by atoms with Gasteiger partial charge in [0.25, 0.3) is 0 Å². The van der Waals surface area contributed by atoms with Crippen LogP contribution in [-0.4, -0.2) is 19.8 Å². The first-order chi connectivity index (χ1) is 9.68. The maximum atomic E-state index is 12.2. The van der Waals surface area contributed by atoms with Gasteiger partial charge in [0.1, 0.15) is 6.61 Å². The Bertz CT molecular complexity index is 286. The van der Waals surface area contributed by atoms with Crippen LogP contribution in [0, 0.1) is 11.3 Å². The molecule has 0 aromatic carbocycles. The van der Waals surface area contributed by atoms with Crippen molar-refractivity contribution in [2.75, 3.05) is 19.8 Å². The first kappa shape index (κ1) is 19.6. The molecule has 6 heteroatoms. The third-order valence-corrected chi connectivity index (χ3v) is 4.22. The van der Waals surface area contributed by atoms with Gasteiger partial charge in [0.15, 0.2) is 0 Å². The van der Waals surface area contributed by atoms with Crippen molar-refractivity contribution in [2.24, 2.45) is 0 Å². The fourth-order valence-corrected chi connectivity index (χ4v) is 2.77. The average molecular weight is 305 g/mol. The van der Waals surface area contributed by atoms with Crippen molar-refractivity contribution in [1.29, 1.82) is 5.26 Å². The highest BCUT2D eigenvalue weighted by Gasteiger charge is 2.26. The lowest BCUT2D eigenvalue weighted by atomic mass is 10.2. The van der Waals surface area contributed by atoms with Crippen LogP contribution in [0.3, 0.4) is 0 Å². The molecule has 0 radical (unpaired) electrons. The van der Waals surface area contributed by atoms with Crippen molar-refractivity contribution >= 4 is 7.82 Å². The first-order valence-corrected chi connectivity index (χ1v) is 9.05. The molecule has 0 N–H and O–H groups in total. The summed E-state index contributed by atoms with van der Waals surface area (Å²) in [5.41, 5.74) is 0. The Labute approximate surface area is 123 Å². The molecule has 0 amide bonds. The minimum Gasteiger partial charge on any atom is -0.287 e. The van der Waals surface area contributed by atoms with E-state index in [4.69, 9.17) is 18.8 Å². The van der Waals surface area contributed by atoms with Gasteiger partial charge in [-0.2, -0.15) is 5.26 Å². The zero-order valence-electron chi connectivity index (χ0n) is 12.8. The SMILES string of the molecule is CCCCCCOP(=O)(OCC#N)OCCCCCC. The highest BCUT2D eigenvalue weighted by Crippen LogP contribution is 2.49. The van der Waals surface area contributed by atoms with Crippen molar-refractivity contribution in [2.45, 2.75) is 65.2 Å². The van der Waals surface area contributed by atoms with Crippen LogP contribution in [0.4, 0.5) is 0 Å². The summed E-state index contributed by atoms with van der Waals surface area (Å²) >= 11 is 0. The van der Waals surface area contributed by atoms with Crippen molar-refractivity contribution in [3.8, 4) is 6.07 Å². The lowest BCUT2D eigenvalue weighted by Crippen LogP contribution is -2.03. The monoisotopic (exact) mass is 305 g/mol. The van der Waals surface area contributed by atoms with Gasteiger partial charge in [0.2, 0.25) is 0 Å². The van der Waals surface area contributed by atoms with Gasteiger partial charge in [-0.25, -0.2) is 4.57 Å². The van der Waals surface area contributed by atoms with Crippen LogP contribution >= 0.6 is 7.82 Å². The highest BCUT2D eigenvalue weighted by atomic mass is 31.2. The Hall–Kier alpha value is -0.400. The third kappa shape index (κ3) is 11.4. The zero-order chi connectivity index (χ0) is 15.1. The second kappa shape index (κ2) is 13.6. The predicted octanol–water partition coefficient (Wildman–Crippen LogP) is 4.83. The standard InChI is InChI=1S/C14H28NO4P/c1-3-5-7-9-12-17-20(16,19-14-11-15)18-13-10-8-6-4-2/h3-10,12-14H2,1-2H3. The van der Waals surface area contributed by atoms with E-state index in [1.54, 1.807) is 6.07 Å². The summed E-state index contributed by atoms with van der Waals surface area (Å²) in [5, 5.41) is 8.51.